The molecule has 0 spiro atoms. The van der Waals surface area contributed by atoms with Gasteiger partial charge in [0.1, 0.15) is 12.0 Å². The maximum atomic E-state index is 12.3. The van der Waals surface area contributed by atoms with Crippen LogP contribution in [0, 0.1) is 0 Å². The molecule has 3 heterocycles. The third-order valence-electron chi connectivity index (χ3n) is 4.12. The molecule has 140 valence electrons. The van der Waals surface area contributed by atoms with Crippen LogP contribution in [0.3, 0.4) is 0 Å². The fourth-order valence-corrected chi connectivity index (χ4v) is 4.28. The topological polar surface area (TPSA) is 101 Å². The van der Waals surface area contributed by atoms with Crippen molar-refractivity contribution < 1.29 is 14.2 Å². The number of nitrogens with one attached hydrogen (secondary N) is 2. The number of pyridine rings is 1. The van der Waals surface area contributed by atoms with Gasteiger partial charge in [0.15, 0.2) is 17.0 Å². The van der Waals surface area contributed by atoms with E-state index >= 15 is 0 Å². The molecule has 0 aliphatic rings. The van der Waals surface area contributed by atoms with Gasteiger partial charge < -0.3 is 16.4 Å². The number of rotatable bonds is 5. The standard InChI is InChI=1S/C19H15N5O2S2/c1-24-7-2-3-11-9-13(4-5-14(11)24)21-19-22-15(16(20)25)18(28-19)23-17(26)12-6-8-27-10-12/h2-10H,1H3,(H3-,20,21,22,23,25,26)/p+1. The minimum Gasteiger partial charge on any atom is -0.364 e. The smallest absolute Gasteiger partial charge is 0.270 e. The first-order valence-electron chi connectivity index (χ1n) is 8.31. The molecule has 3 aromatic heterocycles. The van der Waals surface area contributed by atoms with Crippen LogP contribution in [0.25, 0.3) is 10.9 Å². The van der Waals surface area contributed by atoms with Crippen molar-refractivity contribution in [2.75, 3.05) is 10.6 Å². The molecule has 0 bridgehead atoms. The van der Waals surface area contributed by atoms with Crippen molar-refractivity contribution in [3.63, 3.8) is 0 Å². The number of anilines is 3. The Morgan fingerprint density at radius 2 is 2.07 bits per heavy atom. The Bertz CT molecular complexity index is 1180. The molecule has 9 heteroatoms. The quantitative estimate of drug-likeness (QED) is 0.440. The van der Waals surface area contributed by atoms with Crippen molar-refractivity contribution in [1.82, 2.24) is 4.98 Å². The number of hydrogen-bond acceptors (Lipinski definition) is 6. The average molecular weight is 411 g/mol. The number of benzene rings is 1. The van der Waals surface area contributed by atoms with E-state index in [1.54, 1.807) is 11.4 Å². The summed E-state index contributed by atoms with van der Waals surface area (Å²) < 4.78 is 2.03. The van der Waals surface area contributed by atoms with E-state index in [-0.39, 0.29) is 11.6 Å². The van der Waals surface area contributed by atoms with E-state index in [2.05, 4.69) is 15.6 Å². The van der Waals surface area contributed by atoms with E-state index in [1.807, 2.05) is 53.5 Å². The predicted octanol–water partition coefficient (Wildman–Crippen LogP) is 3.28. The molecule has 0 saturated heterocycles. The monoisotopic (exact) mass is 410 g/mol. The lowest BCUT2D eigenvalue weighted by atomic mass is 10.2. The van der Waals surface area contributed by atoms with Gasteiger partial charge in [-0.15, -0.1) is 0 Å². The minimum atomic E-state index is -0.699. The van der Waals surface area contributed by atoms with Gasteiger partial charge in [0, 0.05) is 28.6 Å². The van der Waals surface area contributed by atoms with Gasteiger partial charge in [0.05, 0.1) is 5.56 Å². The summed E-state index contributed by atoms with van der Waals surface area (Å²) >= 11 is 2.58. The molecule has 0 aliphatic heterocycles. The Labute approximate surface area is 168 Å². The van der Waals surface area contributed by atoms with Gasteiger partial charge >= 0.3 is 0 Å². The van der Waals surface area contributed by atoms with Crippen molar-refractivity contribution >= 4 is 61.2 Å². The third-order valence-corrected chi connectivity index (χ3v) is 5.68. The van der Waals surface area contributed by atoms with Crippen molar-refractivity contribution in [3.8, 4) is 0 Å². The summed E-state index contributed by atoms with van der Waals surface area (Å²) in [6.07, 6.45) is 1.98. The van der Waals surface area contributed by atoms with Crippen LogP contribution in [0.5, 0.6) is 0 Å². The number of aromatic nitrogens is 2. The number of fused-ring (bicyclic) bond motifs is 1. The number of amides is 2. The molecule has 0 radical (unpaired) electrons. The largest absolute Gasteiger partial charge is 0.364 e. The van der Waals surface area contributed by atoms with Gasteiger partial charge in [-0.05, 0) is 29.6 Å². The second kappa shape index (κ2) is 7.37. The van der Waals surface area contributed by atoms with Crippen LogP contribution in [-0.2, 0) is 7.05 Å². The van der Waals surface area contributed by atoms with Crippen molar-refractivity contribution in [1.29, 1.82) is 0 Å². The summed E-state index contributed by atoms with van der Waals surface area (Å²) in [6, 6.07) is 11.6. The Hall–Kier alpha value is -3.30. The third kappa shape index (κ3) is 3.57. The number of carbonyl (C=O) groups excluding carboxylic acids is 2. The van der Waals surface area contributed by atoms with Gasteiger partial charge in [-0.2, -0.15) is 11.3 Å². The first-order valence-corrected chi connectivity index (χ1v) is 10.1. The number of nitrogens with two attached hydrogens (primary N) is 1. The van der Waals surface area contributed by atoms with Crippen LogP contribution in [0.2, 0.25) is 0 Å². The van der Waals surface area contributed by atoms with E-state index < -0.39 is 5.91 Å². The van der Waals surface area contributed by atoms with Gasteiger partial charge in [-0.1, -0.05) is 11.3 Å². The molecule has 0 unspecified atom stereocenters. The van der Waals surface area contributed by atoms with Crippen LogP contribution in [0.1, 0.15) is 20.8 Å². The number of carbonyl (C=O) groups is 2. The van der Waals surface area contributed by atoms with E-state index in [0.29, 0.717) is 15.7 Å². The zero-order valence-corrected chi connectivity index (χ0v) is 16.4. The number of hydrogen-bond donors (Lipinski definition) is 3. The van der Waals surface area contributed by atoms with Gasteiger partial charge in [0.2, 0.25) is 5.52 Å². The first-order chi connectivity index (χ1) is 13.5. The van der Waals surface area contributed by atoms with Gasteiger partial charge in [0.25, 0.3) is 11.8 Å². The summed E-state index contributed by atoms with van der Waals surface area (Å²) in [5, 5.41) is 11.3. The van der Waals surface area contributed by atoms with E-state index in [0.717, 1.165) is 27.9 Å². The highest BCUT2D eigenvalue weighted by atomic mass is 32.1. The predicted molar refractivity (Wildman–Crippen MR) is 111 cm³/mol. The second-order valence-electron chi connectivity index (χ2n) is 6.04. The molecular formula is C19H16N5O2S2+. The lowest BCUT2D eigenvalue weighted by Crippen LogP contribution is -2.27. The Balaban J connectivity index is 1.61. The maximum absolute atomic E-state index is 12.3. The maximum Gasteiger partial charge on any atom is 0.270 e. The van der Waals surface area contributed by atoms with Gasteiger partial charge in [-0.3, -0.25) is 9.59 Å². The van der Waals surface area contributed by atoms with Crippen molar-refractivity contribution in [2.45, 2.75) is 0 Å². The number of aryl methyl sites for hydroxylation is 1. The van der Waals surface area contributed by atoms with Crippen LogP contribution in [-0.4, -0.2) is 16.8 Å². The van der Waals surface area contributed by atoms with Crippen LogP contribution < -0.4 is 20.9 Å². The van der Waals surface area contributed by atoms with Gasteiger partial charge in [-0.25, -0.2) is 9.55 Å². The fraction of sp³-hybridized carbons (Fsp3) is 0.0526. The van der Waals surface area contributed by atoms with E-state index in [4.69, 9.17) is 5.73 Å². The summed E-state index contributed by atoms with van der Waals surface area (Å²) in [7, 11) is 1.98. The Kier molecular flexibility index (Phi) is 4.76. The van der Waals surface area contributed by atoms with Crippen LogP contribution in [0.15, 0.2) is 53.4 Å². The minimum absolute atomic E-state index is 0.0308. The molecular weight excluding hydrogens is 394 g/mol. The number of thiazole rings is 1. The molecule has 0 saturated carbocycles. The Morgan fingerprint density at radius 1 is 1.21 bits per heavy atom. The highest BCUT2D eigenvalue weighted by molar-refractivity contribution is 7.20. The fourth-order valence-electron chi connectivity index (χ4n) is 2.76. The zero-order chi connectivity index (χ0) is 19.7. The molecule has 4 rings (SSSR count). The SMILES string of the molecule is C[n+]1cccc2cc(Nc3nc(C(N)=O)c(NC(=O)c4ccsc4)s3)ccc21. The van der Waals surface area contributed by atoms with Crippen molar-refractivity contribution in [3.05, 3.63) is 64.6 Å². The summed E-state index contributed by atoms with van der Waals surface area (Å²) in [4.78, 5) is 28.3. The van der Waals surface area contributed by atoms with E-state index in [9.17, 15) is 9.59 Å². The molecule has 2 amide bonds. The lowest BCUT2D eigenvalue weighted by molar-refractivity contribution is -0.644. The van der Waals surface area contributed by atoms with Crippen molar-refractivity contribution in [2.24, 2.45) is 12.8 Å². The van der Waals surface area contributed by atoms with E-state index in [1.165, 1.54) is 11.3 Å². The first kappa shape index (κ1) is 18.1. The van der Waals surface area contributed by atoms with Crippen LogP contribution in [0.4, 0.5) is 15.8 Å². The molecule has 1 aromatic carbocycles. The molecule has 0 aliphatic carbocycles. The molecule has 0 fully saturated rings. The highest BCUT2D eigenvalue weighted by Crippen LogP contribution is 2.31. The lowest BCUT2D eigenvalue weighted by Gasteiger charge is -2.03. The second-order valence-corrected chi connectivity index (χ2v) is 7.82. The normalized spacial score (nSPS) is 10.8. The Morgan fingerprint density at radius 3 is 2.82 bits per heavy atom. The number of primary amides is 1. The summed E-state index contributed by atoms with van der Waals surface area (Å²) in [5.74, 6) is -1.01. The highest BCUT2D eigenvalue weighted by Gasteiger charge is 2.19. The molecule has 0 atom stereocenters. The average Bonchev–Trinajstić information content (AvgIpc) is 3.32. The zero-order valence-electron chi connectivity index (χ0n) is 14.8. The van der Waals surface area contributed by atoms with Crippen LogP contribution >= 0.6 is 22.7 Å². The molecule has 7 nitrogen and oxygen atoms in total. The molecule has 4 N–H and O–H groups in total. The number of nitrogens with zero attached hydrogens (tertiary/aromatic N) is 2. The summed E-state index contributed by atoms with van der Waals surface area (Å²) in [5.41, 5.74) is 7.89. The summed E-state index contributed by atoms with van der Waals surface area (Å²) in [6.45, 7) is 0. The molecule has 28 heavy (non-hydrogen) atoms. The number of thiophene rings is 1. The molecule has 4 aromatic rings.